The number of hydrogen-bond donors (Lipinski definition) is 0. The molecule has 0 saturated heterocycles. The molecule has 0 radical (unpaired) electrons. The Morgan fingerprint density at radius 1 is 1.37 bits per heavy atom. The minimum atomic E-state index is -0.756. The lowest BCUT2D eigenvalue weighted by atomic mass is 10.1. The lowest BCUT2D eigenvalue weighted by molar-refractivity contribution is -0.211. The molecule has 0 N–H and O–H groups in total. The first-order chi connectivity index (χ1) is 8.85. The fourth-order valence-corrected chi connectivity index (χ4v) is 1.53. The van der Waals surface area contributed by atoms with Crippen LogP contribution in [0.3, 0.4) is 0 Å². The molecule has 0 saturated carbocycles. The topological polar surface area (TPSA) is 78.3 Å². The van der Waals surface area contributed by atoms with Gasteiger partial charge < -0.3 is 0 Å². The van der Waals surface area contributed by atoms with Gasteiger partial charge in [-0.05, 0) is 38.8 Å². The Labute approximate surface area is 112 Å². The van der Waals surface area contributed by atoms with E-state index in [0.717, 1.165) is 10.6 Å². The number of hydroxylamine groups is 2. The van der Waals surface area contributed by atoms with Gasteiger partial charge in [-0.1, -0.05) is 30.3 Å². The highest BCUT2D eigenvalue weighted by Gasteiger charge is 2.26. The maximum Gasteiger partial charge on any atom is 0.334 e. The molecule has 0 aromatic heterocycles. The van der Waals surface area contributed by atoms with Crippen molar-refractivity contribution in [2.45, 2.75) is 39.3 Å². The van der Waals surface area contributed by atoms with Crippen molar-refractivity contribution in [1.29, 1.82) is 0 Å². The molecule has 0 spiro atoms. The van der Waals surface area contributed by atoms with Crippen LogP contribution >= 0.6 is 0 Å². The normalized spacial score (nSPS) is 12.4. The smallest absolute Gasteiger partial charge is 0.265 e. The summed E-state index contributed by atoms with van der Waals surface area (Å²) in [5.41, 5.74) is 8.72. The van der Waals surface area contributed by atoms with E-state index in [2.05, 4.69) is 10.0 Å². The fourth-order valence-electron chi connectivity index (χ4n) is 1.53. The molecule has 6 nitrogen and oxygen atoms in total. The van der Waals surface area contributed by atoms with Gasteiger partial charge in [0.15, 0.2) is 0 Å². The van der Waals surface area contributed by atoms with Crippen LogP contribution in [0.1, 0.15) is 39.3 Å². The van der Waals surface area contributed by atoms with Gasteiger partial charge in [0.2, 0.25) is 0 Å². The van der Waals surface area contributed by atoms with E-state index >= 15 is 0 Å². The molecule has 1 rings (SSSR count). The van der Waals surface area contributed by atoms with Crippen molar-refractivity contribution >= 4 is 6.03 Å². The molecule has 19 heavy (non-hydrogen) atoms. The maximum atomic E-state index is 11.8. The van der Waals surface area contributed by atoms with Crippen LogP contribution in [0.25, 0.3) is 10.4 Å². The van der Waals surface area contributed by atoms with E-state index in [-0.39, 0.29) is 6.04 Å². The van der Waals surface area contributed by atoms with Gasteiger partial charge in [-0.2, -0.15) is 0 Å². The number of hydrogen-bond acceptors (Lipinski definition) is 2. The number of urea groups is 1. The Morgan fingerprint density at radius 3 is 2.42 bits per heavy atom. The largest absolute Gasteiger partial charge is 0.334 e. The number of rotatable bonds is 3. The summed E-state index contributed by atoms with van der Waals surface area (Å²) in [5.74, 6) is 0. The summed E-state index contributed by atoms with van der Waals surface area (Å²) in [6.45, 7) is 7.27. The average molecular weight is 262 g/mol. The molecule has 0 aliphatic rings. The van der Waals surface area contributed by atoms with Gasteiger partial charge in [-0.3, -0.25) is 9.63 Å². The van der Waals surface area contributed by atoms with Crippen LogP contribution in [-0.2, 0) is 4.84 Å². The second kappa shape index (κ2) is 6.22. The van der Waals surface area contributed by atoms with Gasteiger partial charge >= 0.3 is 6.03 Å². The highest BCUT2D eigenvalue weighted by Crippen LogP contribution is 2.24. The number of nitrogens with zero attached hydrogens (tertiary/aromatic N) is 4. The monoisotopic (exact) mass is 262 g/mol. The second-order valence-electron chi connectivity index (χ2n) is 5.09. The van der Waals surface area contributed by atoms with E-state index in [9.17, 15) is 4.79 Å². The van der Waals surface area contributed by atoms with Crippen LogP contribution in [0.2, 0.25) is 0 Å². The summed E-state index contributed by atoms with van der Waals surface area (Å²) in [4.78, 5) is 19.9. The van der Waals surface area contributed by atoms with Crippen LogP contribution in [0.5, 0.6) is 0 Å². The summed E-state index contributed by atoms with van der Waals surface area (Å²) < 4.78 is 0. The Bertz CT molecular complexity index is 475. The molecule has 0 bridgehead atoms. The van der Waals surface area contributed by atoms with Crippen molar-refractivity contribution in [3.05, 3.63) is 46.3 Å². The zero-order valence-electron chi connectivity index (χ0n) is 11.6. The molecular weight excluding hydrogens is 244 g/mol. The Morgan fingerprint density at radius 2 is 1.95 bits per heavy atom. The van der Waals surface area contributed by atoms with E-state index in [1.807, 2.05) is 58.0 Å². The SMILES string of the molecule is CC(c1ccccc1)N(OC(C)(C)C)C(=O)N=[N+]=[N-]. The maximum absolute atomic E-state index is 11.8. The van der Waals surface area contributed by atoms with E-state index in [1.165, 1.54) is 0 Å². The quantitative estimate of drug-likeness (QED) is 0.354. The molecule has 0 heterocycles. The summed E-state index contributed by atoms with van der Waals surface area (Å²) in [6.07, 6.45) is 0. The molecule has 0 aliphatic heterocycles. The van der Waals surface area contributed by atoms with E-state index in [1.54, 1.807) is 0 Å². The lowest BCUT2D eigenvalue weighted by Gasteiger charge is -2.33. The highest BCUT2D eigenvalue weighted by atomic mass is 16.7. The number of carbonyl (C=O) groups excluding carboxylic acids is 1. The standard InChI is InChI=1S/C13H18N4O2/c1-10(11-8-6-5-7-9-11)17(12(18)15-16-14)19-13(2,3)4/h5-10H,1-4H3. The molecule has 2 amide bonds. The third-order valence-corrected chi connectivity index (χ3v) is 2.32. The van der Waals surface area contributed by atoms with Gasteiger partial charge in [-0.15, -0.1) is 0 Å². The van der Waals surface area contributed by atoms with Gasteiger partial charge in [0.1, 0.15) is 0 Å². The summed E-state index contributed by atoms with van der Waals surface area (Å²) >= 11 is 0. The van der Waals surface area contributed by atoms with Crippen LogP contribution < -0.4 is 0 Å². The number of benzene rings is 1. The van der Waals surface area contributed by atoms with Crippen LogP contribution in [0.15, 0.2) is 35.4 Å². The molecule has 1 atom stereocenters. The van der Waals surface area contributed by atoms with Crippen molar-refractivity contribution in [2.24, 2.45) is 5.11 Å². The Hall–Kier alpha value is -2.04. The third-order valence-electron chi connectivity index (χ3n) is 2.32. The molecule has 102 valence electrons. The summed E-state index contributed by atoms with van der Waals surface area (Å²) in [7, 11) is 0. The highest BCUT2D eigenvalue weighted by molar-refractivity contribution is 5.74. The Kier molecular flexibility index (Phi) is 4.92. The van der Waals surface area contributed by atoms with Crippen LogP contribution in [-0.4, -0.2) is 16.7 Å². The van der Waals surface area contributed by atoms with Crippen molar-refractivity contribution in [2.75, 3.05) is 0 Å². The molecule has 0 fully saturated rings. The fraction of sp³-hybridized carbons (Fsp3) is 0.462. The van der Waals surface area contributed by atoms with Crippen molar-refractivity contribution < 1.29 is 9.63 Å². The van der Waals surface area contributed by atoms with E-state index in [4.69, 9.17) is 10.4 Å². The Balaban J connectivity index is 3.02. The van der Waals surface area contributed by atoms with Gasteiger partial charge in [0.05, 0.1) is 11.6 Å². The summed E-state index contributed by atoms with van der Waals surface area (Å²) in [6, 6.07) is 8.30. The predicted molar refractivity (Wildman–Crippen MR) is 72.1 cm³/mol. The number of azide groups is 1. The number of carbonyl (C=O) groups is 1. The van der Waals surface area contributed by atoms with Crippen molar-refractivity contribution in [1.82, 2.24) is 5.06 Å². The zero-order chi connectivity index (χ0) is 14.5. The third kappa shape index (κ3) is 4.62. The first kappa shape index (κ1) is 15.0. The van der Waals surface area contributed by atoms with Gasteiger partial charge in [0, 0.05) is 10.0 Å². The molecule has 1 aromatic rings. The minimum Gasteiger partial charge on any atom is -0.265 e. The molecule has 1 aromatic carbocycles. The summed E-state index contributed by atoms with van der Waals surface area (Å²) in [5, 5.41) is 4.20. The van der Waals surface area contributed by atoms with E-state index < -0.39 is 11.6 Å². The molecule has 1 unspecified atom stereocenters. The second-order valence-corrected chi connectivity index (χ2v) is 5.09. The predicted octanol–water partition coefficient (Wildman–Crippen LogP) is 4.21. The molecule has 6 heteroatoms. The van der Waals surface area contributed by atoms with Gasteiger partial charge in [-0.25, -0.2) is 5.06 Å². The zero-order valence-corrected chi connectivity index (χ0v) is 11.6. The first-order valence-electron chi connectivity index (χ1n) is 5.97. The minimum absolute atomic E-state index is 0.349. The van der Waals surface area contributed by atoms with Gasteiger partial charge in [0.25, 0.3) is 0 Å². The van der Waals surface area contributed by atoms with E-state index in [0.29, 0.717) is 0 Å². The first-order valence-corrected chi connectivity index (χ1v) is 5.97. The number of amides is 2. The lowest BCUT2D eigenvalue weighted by Crippen LogP contribution is -2.38. The molecular formula is C13H18N4O2. The van der Waals surface area contributed by atoms with Crippen molar-refractivity contribution in [3.63, 3.8) is 0 Å². The average Bonchev–Trinajstić information content (AvgIpc) is 2.35. The molecule has 0 aliphatic carbocycles. The van der Waals surface area contributed by atoms with Crippen LogP contribution in [0, 0.1) is 0 Å². The van der Waals surface area contributed by atoms with Crippen molar-refractivity contribution in [3.8, 4) is 0 Å². The van der Waals surface area contributed by atoms with Crippen LogP contribution in [0.4, 0.5) is 4.79 Å².